The number of aromatic hydroxyl groups is 1. The second-order valence-corrected chi connectivity index (χ2v) is 9.19. The molecule has 1 aromatic carbocycles. The normalized spacial score (nSPS) is 22.6. The van der Waals surface area contributed by atoms with E-state index in [9.17, 15) is 19.5 Å². The summed E-state index contributed by atoms with van der Waals surface area (Å²) in [7, 11) is 2.75. The van der Waals surface area contributed by atoms with Crippen LogP contribution in [-0.4, -0.2) is 61.7 Å². The lowest BCUT2D eigenvalue weighted by molar-refractivity contribution is -0.128. The van der Waals surface area contributed by atoms with Crippen molar-refractivity contribution in [3.8, 4) is 17.2 Å². The number of ketones is 1. The van der Waals surface area contributed by atoms with Crippen molar-refractivity contribution in [2.24, 2.45) is 5.41 Å². The van der Waals surface area contributed by atoms with Crippen LogP contribution in [-0.2, 0) is 14.3 Å². The Labute approximate surface area is 194 Å². The lowest BCUT2D eigenvalue weighted by Gasteiger charge is -2.30. The molecule has 9 nitrogen and oxygen atoms in total. The summed E-state index contributed by atoms with van der Waals surface area (Å²) < 4.78 is 15.7. The number of phenolic OH excluding ortho intramolecular Hbond substituents is 1. The third-order valence-electron chi connectivity index (χ3n) is 6.73. The standard InChI is InChI=1S/C24H34N2O7/c1-5-17-20(16(27)13-33-17)26-23(30)15(12-24(2)8-6-7-9-24)25-22(29)14-10-18(31-3)21(28)19(11-14)32-4/h10-11,15,17,20,28H,5-9,12-13H2,1-4H3,(H,25,29)(H,26,30)/t15-,17-,20+/m0/s1. The summed E-state index contributed by atoms with van der Waals surface area (Å²) >= 11 is 0. The summed E-state index contributed by atoms with van der Waals surface area (Å²) in [5.41, 5.74) is 0.0996. The predicted octanol–water partition coefficient (Wildman–Crippen LogP) is 2.34. The van der Waals surface area contributed by atoms with Gasteiger partial charge in [-0.1, -0.05) is 26.7 Å². The highest BCUT2D eigenvalue weighted by Gasteiger charge is 2.40. The van der Waals surface area contributed by atoms with Gasteiger partial charge in [0.25, 0.3) is 5.91 Å². The number of hydrogen-bond donors (Lipinski definition) is 3. The maximum atomic E-state index is 13.3. The van der Waals surface area contributed by atoms with Crippen molar-refractivity contribution in [2.75, 3.05) is 20.8 Å². The first kappa shape index (κ1) is 24.8. The van der Waals surface area contributed by atoms with Gasteiger partial charge >= 0.3 is 0 Å². The molecule has 0 unspecified atom stereocenters. The Morgan fingerprint density at radius 3 is 2.36 bits per heavy atom. The van der Waals surface area contributed by atoms with Gasteiger partial charge < -0.3 is 30.0 Å². The minimum atomic E-state index is -0.836. The van der Waals surface area contributed by atoms with E-state index in [0.717, 1.165) is 25.7 Å². The van der Waals surface area contributed by atoms with Gasteiger partial charge in [0.15, 0.2) is 17.3 Å². The molecule has 3 rings (SSSR count). The van der Waals surface area contributed by atoms with E-state index in [1.165, 1.54) is 26.4 Å². The van der Waals surface area contributed by atoms with Gasteiger partial charge in [-0.25, -0.2) is 0 Å². The number of nitrogens with one attached hydrogen (secondary N) is 2. The zero-order chi connectivity index (χ0) is 24.2. The van der Waals surface area contributed by atoms with Crippen molar-refractivity contribution >= 4 is 17.6 Å². The second-order valence-electron chi connectivity index (χ2n) is 9.19. The summed E-state index contributed by atoms with van der Waals surface area (Å²) in [6, 6.07) is 1.23. The minimum Gasteiger partial charge on any atom is -0.502 e. The van der Waals surface area contributed by atoms with Crippen LogP contribution in [0.5, 0.6) is 17.2 Å². The minimum absolute atomic E-state index is 0.0225. The molecule has 0 bridgehead atoms. The number of ether oxygens (including phenoxy) is 3. The van der Waals surface area contributed by atoms with Crippen molar-refractivity contribution in [1.29, 1.82) is 0 Å². The van der Waals surface area contributed by atoms with E-state index in [4.69, 9.17) is 14.2 Å². The molecule has 3 atom stereocenters. The van der Waals surface area contributed by atoms with Crippen LogP contribution in [0.15, 0.2) is 12.1 Å². The quantitative estimate of drug-likeness (QED) is 0.515. The first-order valence-corrected chi connectivity index (χ1v) is 11.4. The fourth-order valence-corrected chi connectivity index (χ4v) is 4.76. The van der Waals surface area contributed by atoms with Gasteiger partial charge in [-0.05, 0) is 43.2 Å². The van der Waals surface area contributed by atoms with Crippen LogP contribution in [0.1, 0.15) is 62.7 Å². The largest absolute Gasteiger partial charge is 0.502 e. The molecule has 2 amide bonds. The molecule has 1 saturated carbocycles. The van der Waals surface area contributed by atoms with Crippen molar-refractivity contribution < 1.29 is 33.7 Å². The van der Waals surface area contributed by atoms with Gasteiger partial charge in [0.05, 0.1) is 20.3 Å². The number of benzene rings is 1. The van der Waals surface area contributed by atoms with Crippen LogP contribution in [0.4, 0.5) is 0 Å². The molecule has 1 aliphatic carbocycles. The maximum absolute atomic E-state index is 13.3. The van der Waals surface area contributed by atoms with Crippen molar-refractivity contribution in [2.45, 2.75) is 70.6 Å². The Bertz CT molecular complexity index is 870. The Kier molecular flexibility index (Phi) is 7.84. The van der Waals surface area contributed by atoms with E-state index in [1.54, 1.807) is 0 Å². The number of phenols is 1. The Hall–Kier alpha value is -2.81. The van der Waals surface area contributed by atoms with Gasteiger partial charge in [-0.15, -0.1) is 0 Å². The van der Waals surface area contributed by atoms with Gasteiger partial charge in [-0.3, -0.25) is 14.4 Å². The average Bonchev–Trinajstić information content (AvgIpc) is 3.38. The van der Waals surface area contributed by atoms with Gasteiger partial charge in [0, 0.05) is 5.56 Å². The predicted molar refractivity (Wildman–Crippen MR) is 121 cm³/mol. The van der Waals surface area contributed by atoms with Crippen LogP contribution < -0.4 is 20.1 Å². The molecule has 33 heavy (non-hydrogen) atoms. The summed E-state index contributed by atoms with van der Waals surface area (Å²) in [5.74, 6) is -1.12. The number of carbonyl (C=O) groups is 3. The first-order chi connectivity index (χ1) is 15.7. The number of methoxy groups -OCH3 is 2. The van der Waals surface area contributed by atoms with E-state index in [0.29, 0.717) is 12.8 Å². The maximum Gasteiger partial charge on any atom is 0.252 e. The second kappa shape index (κ2) is 10.4. The lowest BCUT2D eigenvalue weighted by atomic mass is 9.81. The molecule has 182 valence electrons. The van der Waals surface area contributed by atoms with E-state index in [2.05, 4.69) is 17.6 Å². The molecule has 2 fully saturated rings. The van der Waals surface area contributed by atoms with Gasteiger partial charge in [0.1, 0.15) is 18.7 Å². The highest BCUT2D eigenvalue weighted by atomic mass is 16.5. The average molecular weight is 463 g/mol. The Balaban J connectivity index is 1.83. The molecule has 2 aliphatic rings. The third kappa shape index (κ3) is 5.58. The van der Waals surface area contributed by atoms with Crippen LogP contribution >= 0.6 is 0 Å². The molecule has 1 saturated heterocycles. The van der Waals surface area contributed by atoms with E-state index in [1.807, 2.05) is 6.92 Å². The van der Waals surface area contributed by atoms with Crippen LogP contribution in [0.25, 0.3) is 0 Å². The Morgan fingerprint density at radius 2 is 1.82 bits per heavy atom. The topological polar surface area (TPSA) is 123 Å². The molecule has 1 aromatic rings. The lowest BCUT2D eigenvalue weighted by Crippen LogP contribution is -2.54. The van der Waals surface area contributed by atoms with Crippen molar-refractivity contribution in [3.63, 3.8) is 0 Å². The van der Waals surface area contributed by atoms with E-state index in [-0.39, 0.29) is 46.7 Å². The van der Waals surface area contributed by atoms with Gasteiger partial charge in [-0.2, -0.15) is 0 Å². The molecular weight excluding hydrogens is 428 g/mol. The van der Waals surface area contributed by atoms with E-state index < -0.39 is 23.9 Å². The third-order valence-corrected chi connectivity index (χ3v) is 6.73. The summed E-state index contributed by atoms with van der Waals surface area (Å²) in [4.78, 5) is 38.7. The van der Waals surface area contributed by atoms with Crippen LogP contribution in [0.3, 0.4) is 0 Å². The summed E-state index contributed by atoms with van der Waals surface area (Å²) in [6.45, 7) is 4.00. The monoisotopic (exact) mass is 462 g/mol. The SMILES string of the molecule is CC[C@@H]1OCC(=O)[C@H]1NC(=O)[C@H](CC1(C)CCCC1)NC(=O)c1cc(OC)c(O)c(OC)c1. The smallest absolute Gasteiger partial charge is 0.252 e. The molecular formula is C24H34N2O7. The Morgan fingerprint density at radius 1 is 1.21 bits per heavy atom. The molecule has 1 aliphatic heterocycles. The highest BCUT2D eigenvalue weighted by Crippen LogP contribution is 2.41. The summed E-state index contributed by atoms with van der Waals surface area (Å²) in [6.07, 6.45) is 4.78. The van der Waals surface area contributed by atoms with Crippen LogP contribution in [0, 0.1) is 5.41 Å². The number of carbonyl (C=O) groups excluding carboxylic acids is 3. The van der Waals surface area contributed by atoms with Crippen molar-refractivity contribution in [1.82, 2.24) is 10.6 Å². The number of hydrogen-bond acceptors (Lipinski definition) is 7. The number of Topliss-reactive ketones (excluding diaryl/α,β-unsaturated/α-hetero) is 1. The molecule has 0 aromatic heterocycles. The van der Waals surface area contributed by atoms with Crippen molar-refractivity contribution in [3.05, 3.63) is 17.7 Å². The molecule has 0 radical (unpaired) electrons. The highest BCUT2D eigenvalue weighted by molar-refractivity contribution is 5.99. The van der Waals surface area contributed by atoms with E-state index >= 15 is 0 Å². The molecule has 3 N–H and O–H groups in total. The number of rotatable bonds is 9. The molecule has 1 heterocycles. The zero-order valence-corrected chi connectivity index (χ0v) is 19.7. The van der Waals surface area contributed by atoms with Gasteiger partial charge in [0.2, 0.25) is 11.7 Å². The zero-order valence-electron chi connectivity index (χ0n) is 19.7. The van der Waals surface area contributed by atoms with Crippen LogP contribution in [0.2, 0.25) is 0 Å². The molecule has 9 heteroatoms. The number of amides is 2. The molecule has 0 spiro atoms. The fraction of sp³-hybridized carbons (Fsp3) is 0.625. The summed E-state index contributed by atoms with van der Waals surface area (Å²) in [5, 5.41) is 15.8. The fourth-order valence-electron chi connectivity index (χ4n) is 4.76. The first-order valence-electron chi connectivity index (χ1n) is 11.4.